The van der Waals surface area contributed by atoms with Crippen LogP contribution in [0.15, 0.2) is 36.4 Å². The van der Waals surface area contributed by atoms with Crippen molar-refractivity contribution in [2.24, 2.45) is 0 Å². The van der Waals surface area contributed by atoms with Crippen LogP contribution in [0.4, 0.5) is 0 Å². The molecule has 0 saturated carbocycles. The van der Waals surface area contributed by atoms with Gasteiger partial charge in [-0.25, -0.2) is 0 Å². The Morgan fingerprint density at radius 1 is 1.29 bits per heavy atom. The summed E-state index contributed by atoms with van der Waals surface area (Å²) in [5.41, 5.74) is 1.68. The van der Waals surface area contributed by atoms with Crippen molar-refractivity contribution in [2.75, 3.05) is 0 Å². The fourth-order valence-electron chi connectivity index (χ4n) is 1.54. The molecule has 0 radical (unpaired) electrons. The summed E-state index contributed by atoms with van der Waals surface area (Å²) < 4.78 is 0. The van der Waals surface area contributed by atoms with Gasteiger partial charge in [-0.1, -0.05) is 42.0 Å². The van der Waals surface area contributed by atoms with E-state index < -0.39 is 5.60 Å². The van der Waals surface area contributed by atoms with Crippen molar-refractivity contribution in [1.29, 1.82) is 0 Å². The van der Waals surface area contributed by atoms with Gasteiger partial charge in [-0.15, -0.1) is 0 Å². The molecule has 1 atom stereocenters. The van der Waals surface area contributed by atoms with E-state index in [2.05, 4.69) is 31.2 Å². The molecule has 0 aliphatic carbocycles. The van der Waals surface area contributed by atoms with Gasteiger partial charge < -0.3 is 5.11 Å². The molecule has 1 rings (SSSR count). The summed E-state index contributed by atoms with van der Waals surface area (Å²) in [5.74, 6) is 0. The van der Waals surface area contributed by atoms with Crippen molar-refractivity contribution in [3.63, 3.8) is 0 Å². The van der Waals surface area contributed by atoms with Gasteiger partial charge in [0.25, 0.3) is 0 Å². The lowest BCUT2D eigenvalue weighted by atomic mass is 9.96. The topological polar surface area (TPSA) is 20.2 Å². The Balaban J connectivity index is 2.73. The van der Waals surface area contributed by atoms with Gasteiger partial charge in [-0.2, -0.15) is 0 Å². The highest BCUT2D eigenvalue weighted by Crippen LogP contribution is 2.15. The average molecular weight is 190 g/mol. The number of aryl methyl sites for hydroxylation is 1. The zero-order chi connectivity index (χ0) is 10.6. The lowest BCUT2D eigenvalue weighted by molar-refractivity contribution is 0.112. The highest BCUT2D eigenvalue weighted by atomic mass is 16.3. The van der Waals surface area contributed by atoms with Crippen molar-refractivity contribution < 1.29 is 5.11 Å². The molecule has 1 heteroatoms. The molecule has 0 bridgehead atoms. The molecule has 1 nitrogen and oxygen atoms in total. The summed E-state index contributed by atoms with van der Waals surface area (Å²) in [6.07, 6.45) is 4.37. The Morgan fingerprint density at radius 3 is 2.36 bits per heavy atom. The first-order valence-corrected chi connectivity index (χ1v) is 4.95. The molecule has 0 heterocycles. The van der Waals surface area contributed by atoms with E-state index >= 15 is 0 Å². The zero-order valence-electron chi connectivity index (χ0n) is 9.12. The second kappa shape index (κ2) is 4.43. The standard InChI is InChI=1S/C13H18O/c1-4-9-13(3,14)10-12-7-5-11(2)6-8-12/h4-9,14H,10H2,1-3H3/b9-4+. The Labute approximate surface area is 86.1 Å². The molecule has 0 saturated heterocycles. The maximum absolute atomic E-state index is 9.95. The SMILES string of the molecule is C/C=C/C(C)(O)Cc1ccc(C)cc1. The Morgan fingerprint density at radius 2 is 1.86 bits per heavy atom. The van der Waals surface area contributed by atoms with Gasteiger partial charge in [-0.05, 0) is 26.3 Å². The third-order valence-corrected chi connectivity index (χ3v) is 2.21. The lowest BCUT2D eigenvalue weighted by Crippen LogP contribution is -2.23. The fourth-order valence-corrected chi connectivity index (χ4v) is 1.54. The normalized spacial score (nSPS) is 15.7. The molecule has 1 unspecified atom stereocenters. The molecule has 0 spiro atoms. The van der Waals surface area contributed by atoms with Gasteiger partial charge in [-0.3, -0.25) is 0 Å². The van der Waals surface area contributed by atoms with E-state index in [1.54, 1.807) is 0 Å². The summed E-state index contributed by atoms with van der Waals surface area (Å²) in [7, 11) is 0. The van der Waals surface area contributed by atoms with Crippen LogP contribution in [0.2, 0.25) is 0 Å². The van der Waals surface area contributed by atoms with Gasteiger partial charge in [0, 0.05) is 6.42 Å². The van der Waals surface area contributed by atoms with Crippen molar-refractivity contribution in [3.8, 4) is 0 Å². The minimum Gasteiger partial charge on any atom is -0.386 e. The van der Waals surface area contributed by atoms with E-state index in [1.807, 2.05) is 26.0 Å². The van der Waals surface area contributed by atoms with Crippen LogP contribution in [-0.2, 0) is 6.42 Å². The number of rotatable bonds is 3. The highest BCUT2D eigenvalue weighted by molar-refractivity contribution is 5.23. The summed E-state index contributed by atoms with van der Waals surface area (Å²) >= 11 is 0. The first kappa shape index (κ1) is 11.0. The molecule has 0 aliphatic heterocycles. The predicted octanol–water partition coefficient (Wildman–Crippen LogP) is 2.86. The average Bonchev–Trinajstić information content (AvgIpc) is 2.08. The molecule has 0 aliphatic rings. The van der Waals surface area contributed by atoms with Gasteiger partial charge in [0.05, 0.1) is 5.60 Å². The maximum atomic E-state index is 9.95. The van der Waals surface area contributed by atoms with Crippen LogP contribution in [0.1, 0.15) is 25.0 Å². The van der Waals surface area contributed by atoms with Gasteiger partial charge in [0.2, 0.25) is 0 Å². The number of benzene rings is 1. The first-order valence-electron chi connectivity index (χ1n) is 4.95. The third kappa shape index (κ3) is 3.35. The van der Waals surface area contributed by atoms with Crippen molar-refractivity contribution >= 4 is 0 Å². The largest absolute Gasteiger partial charge is 0.386 e. The Hall–Kier alpha value is -1.08. The first-order chi connectivity index (χ1) is 6.53. The van der Waals surface area contributed by atoms with E-state index in [1.165, 1.54) is 11.1 Å². The molecule has 14 heavy (non-hydrogen) atoms. The Kier molecular flexibility index (Phi) is 3.48. The summed E-state index contributed by atoms with van der Waals surface area (Å²) in [6.45, 7) is 5.81. The minimum absolute atomic E-state index is 0.664. The van der Waals surface area contributed by atoms with Crippen LogP contribution in [-0.4, -0.2) is 10.7 Å². The van der Waals surface area contributed by atoms with Crippen molar-refractivity contribution in [1.82, 2.24) is 0 Å². The van der Waals surface area contributed by atoms with Gasteiger partial charge in [0.1, 0.15) is 0 Å². The zero-order valence-corrected chi connectivity index (χ0v) is 9.12. The Bertz CT molecular complexity index is 307. The summed E-state index contributed by atoms with van der Waals surface area (Å²) in [4.78, 5) is 0. The fraction of sp³-hybridized carbons (Fsp3) is 0.385. The lowest BCUT2D eigenvalue weighted by Gasteiger charge is -2.18. The van der Waals surface area contributed by atoms with Crippen LogP contribution in [0.3, 0.4) is 0 Å². The molecular formula is C13H18O. The number of allylic oxidation sites excluding steroid dienone is 1. The van der Waals surface area contributed by atoms with Crippen LogP contribution >= 0.6 is 0 Å². The molecule has 76 valence electrons. The molecular weight excluding hydrogens is 172 g/mol. The smallest absolute Gasteiger partial charge is 0.0839 e. The van der Waals surface area contributed by atoms with E-state index in [-0.39, 0.29) is 0 Å². The number of hydrogen-bond acceptors (Lipinski definition) is 1. The molecule has 0 amide bonds. The number of aliphatic hydroxyl groups is 1. The van der Waals surface area contributed by atoms with Gasteiger partial charge in [0.15, 0.2) is 0 Å². The molecule has 0 aromatic heterocycles. The minimum atomic E-state index is -0.732. The van der Waals surface area contributed by atoms with Crippen molar-refractivity contribution in [3.05, 3.63) is 47.5 Å². The molecule has 1 aromatic rings. The highest BCUT2D eigenvalue weighted by Gasteiger charge is 2.15. The van der Waals surface area contributed by atoms with Crippen molar-refractivity contribution in [2.45, 2.75) is 32.8 Å². The van der Waals surface area contributed by atoms with Crippen LogP contribution < -0.4 is 0 Å². The number of hydrogen-bond donors (Lipinski definition) is 1. The van der Waals surface area contributed by atoms with E-state index in [9.17, 15) is 5.11 Å². The molecule has 1 N–H and O–H groups in total. The van der Waals surface area contributed by atoms with Crippen LogP contribution in [0.25, 0.3) is 0 Å². The molecule has 0 fully saturated rings. The quantitative estimate of drug-likeness (QED) is 0.727. The molecule has 1 aromatic carbocycles. The second-order valence-corrected chi connectivity index (χ2v) is 4.02. The second-order valence-electron chi connectivity index (χ2n) is 4.02. The predicted molar refractivity (Wildman–Crippen MR) is 60.3 cm³/mol. The van der Waals surface area contributed by atoms with Crippen LogP contribution in [0.5, 0.6) is 0 Å². The third-order valence-electron chi connectivity index (χ3n) is 2.21. The van der Waals surface area contributed by atoms with E-state index in [4.69, 9.17) is 0 Å². The summed E-state index contributed by atoms with van der Waals surface area (Å²) in [5, 5.41) is 9.95. The van der Waals surface area contributed by atoms with Crippen LogP contribution in [0, 0.1) is 6.92 Å². The van der Waals surface area contributed by atoms with E-state index in [0.29, 0.717) is 6.42 Å². The maximum Gasteiger partial charge on any atom is 0.0839 e. The summed E-state index contributed by atoms with van der Waals surface area (Å²) in [6, 6.07) is 8.27. The van der Waals surface area contributed by atoms with E-state index in [0.717, 1.165) is 0 Å². The monoisotopic (exact) mass is 190 g/mol. The van der Waals surface area contributed by atoms with Gasteiger partial charge >= 0.3 is 0 Å².